The molecule has 0 saturated carbocycles. The molecule has 0 bridgehead atoms. The average molecular weight is 555 g/mol. The second-order valence-corrected chi connectivity index (χ2v) is 12.0. The van der Waals surface area contributed by atoms with Crippen molar-refractivity contribution >= 4 is 50.4 Å². The zero-order chi connectivity index (χ0) is 26.5. The fourth-order valence-electron chi connectivity index (χ4n) is 5.31. The zero-order valence-corrected chi connectivity index (χ0v) is 23.0. The van der Waals surface area contributed by atoms with Gasteiger partial charge in [-0.25, -0.2) is 9.67 Å². The molecule has 8 nitrogen and oxygen atoms in total. The molecular weight excluding hydrogens is 528 g/mol. The Morgan fingerprint density at radius 1 is 0.949 bits per heavy atom. The Labute approximate surface area is 233 Å². The first-order valence-electron chi connectivity index (χ1n) is 13.0. The van der Waals surface area contributed by atoms with Gasteiger partial charge in [-0.05, 0) is 67.7 Å². The molecule has 1 aliphatic heterocycles. The summed E-state index contributed by atoms with van der Waals surface area (Å²) >= 11 is 3.13. The normalized spacial score (nSPS) is 15.3. The molecule has 1 saturated heterocycles. The van der Waals surface area contributed by atoms with E-state index in [0.29, 0.717) is 29.5 Å². The van der Waals surface area contributed by atoms with Gasteiger partial charge in [-0.1, -0.05) is 12.1 Å². The summed E-state index contributed by atoms with van der Waals surface area (Å²) in [6, 6.07) is 17.5. The van der Waals surface area contributed by atoms with Crippen LogP contribution >= 0.6 is 22.7 Å². The number of piperazine rings is 1. The van der Waals surface area contributed by atoms with Crippen LogP contribution < -0.4 is 5.32 Å². The van der Waals surface area contributed by atoms with Gasteiger partial charge in [-0.15, -0.1) is 22.7 Å². The molecule has 1 N–H and O–H groups in total. The van der Waals surface area contributed by atoms with E-state index in [9.17, 15) is 9.59 Å². The molecule has 1 aliphatic carbocycles. The second kappa shape index (κ2) is 9.71. The van der Waals surface area contributed by atoms with Gasteiger partial charge in [0.1, 0.15) is 0 Å². The molecule has 2 aromatic carbocycles. The fourth-order valence-corrected chi connectivity index (χ4v) is 7.05. The van der Waals surface area contributed by atoms with E-state index in [1.165, 1.54) is 16.2 Å². The number of carbonyl (C=O) groups excluding carboxylic acids is 2. The number of fused-ring (bicyclic) bond motifs is 4. The average Bonchev–Trinajstić information content (AvgIpc) is 3.70. The highest BCUT2D eigenvalue weighted by Gasteiger charge is 2.32. The van der Waals surface area contributed by atoms with E-state index < -0.39 is 0 Å². The summed E-state index contributed by atoms with van der Waals surface area (Å²) in [6.45, 7) is 3.16. The minimum atomic E-state index is -0.233. The number of benzene rings is 2. The summed E-state index contributed by atoms with van der Waals surface area (Å²) in [5, 5.41) is 10.4. The minimum absolute atomic E-state index is 0.0106. The van der Waals surface area contributed by atoms with Crippen LogP contribution in [-0.2, 0) is 12.8 Å². The SMILES string of the molecule is CN1CCN(C(=O)c2nn(-c3ccc(NC(=O)c4nc5ccccc5s4)cc3)c3c2CCc2sccc2-3)CC1. The molecule has 4 heterocycles. The first kappa shape index (κ1) is 24.2. The van der Waals surface area contributed by atoms with Gasteiger partial charge in [-0.2, -0.15) is 5.10 Å². The van der Waals surface area contributed by atoms with E-state index in [4.69, 9.17) is 5.10 Å². The molecule has 196 valence electrons. The highest BCUT2D eigenvalue weighted by atomic mass is 32.1. The molecule has 5 aromatic rings. The Morgan fingerprint density at radius 2 is 1.74 bits per heavy atom. The number of nitrogens with one attached hydrogen (secondary N) is 1. The Hall–Kier alpha value is -3.86. The van der Waals surface area contributed by atoms with Crippen molar-refractivity contribution in [1.29, 1.82) is 0 Å². The number of hydrogen-bond acceptors (Lipinski definition) is 7. The van der Waals surface area contributed by atoms with Gasteiger partial charge in [0.05, 0.1) is 21.6 Å². The molecular formula is C29H26N6O2S2. The number of nitrogens with zero attached hydrogens (tertiary/aromatic N) is 5. The van der Waals surface area contributed by atoms with E-state index in [-0.39, 0.29) is 11.8 Å². The summed E-state index contributed by atoms with van der Waals surface area (Å²) in [4.78, 5) is 36.4. The van der Waals surface area contributed by atoms with Crippen LogP contribution in [0, 0.1) is 0 Å². The summed E-state index contributed by atoms with van der Waals surface area (Å²) in [5.41, 5.74) is 6.08. The largest absolute Gasteiger partial charge is 0.335 e. The molecule has 39 heavy (non-hydrogen) atoms. The van der Waals surface area contributed by atoms with E-state index in [1.54, 1.807) is 11.3 Å². The Bertz CT molecular complexity index is 1680. The lowest BCUT2D eigenvalue weighted by atomic mass is 9.94. The quantitative estimate of drug-likeness (QED) is 0.340. The smallest absolute Gasteiger partial charge is 0.284 e. The second-order valence-electron chi connectivity index (χ2n) is 9.93. The minimum Gasteiger partial charge on any atom is -0.335 e. The standard InChI is InChI=1S/C29H26N6O2S2/c1-33-13-15-34(16-14-33)29(37)25-21-10-11-23-20(12-17-38-23)26(21)35(32-25)19-8-6-18(7-9-19)30-27(36)28-31-22-4-2-3-5-24(22)39-28/h2-9,12,17H,10-11,13-16H2,1H3,(H,30,36). The number of para-hydroxylation sites is 1. The monoisotopic (exact) mass is 554 g/mol. The lowest BCUT2D eigenvalue weighted by Gasteiger charge is -2.32. The van der Waals surface area contributed by atoms with Gasteiger partial charge in [0, 0.05) is 47.9 Å². The number of aryl methyl sites for hydroxylation is 1. The fraction of sp³-hybridized carbons (Fsp3) is 0.241. The topological polar surface area (TPSA) is 83.4 Å². The van der Waals surface area contributed by atoms with Gasteiger partial charge >= 0.3 is 0 Å². The van der Waals surface area contributed by atoms with Crippen LogP contribution in [0.2, 0.25) is 0 Å². The number of rotatable bonds is 4. The summed E-state index contributed by atoms with van der Waals surface area (Å²) in [6.07, 6.45) is 1.72. The lowest BCUT2D eigenvalue weighted by molar-refractivity contribution is 0.0656. The Morgan fingerprint density at radius 3 is 2.54 bits per heavy atom. The van der Waals surface area contributed by atoms with Crippen molar-refractivity contribution in [2.24, 2.45) is 0 Å². The highest BCUT2D eigenvalue weighted by Crippen LogP contribution is 2.40. The number of anilines is 1. The summed E-state index contributed by atoms with van der Waals surface area (Å²) < 4.78 is 2.89. The van der Waals surface area contributed by atoms with Gasteiger partial charge in [-0.3, -0.25) is 9.59 Å². The number of thiazole rings is 1. The molecule has 0 atom stereocenters. The first-order chi connectivity index (χ1) is 19.0. The maximum atomic E-state index is 13.6. The highest BCUT2D eigenvalue weighted by molar-refractivity contribution is 7.20. The predicted octanol–water partition coefficient (Wildman–Crippen LogP) is 4.95. The maximum Gasteiger partial charge on any atom is 0.284 e. The number of aromatic nitrogens is 3. The molecule has 7 rings (SSSR count). The molecule has 10 heteroatoms. The van der Waals surface area contributed by atoms with Crippen LogP contribution in [0.15, 0.2) is 60.0 Å². The predicted molar refractivity (Wildman–Crippen MR) is 155 cm³/mol. The van der Waals surface area contributed by atoms with Crippen LogP contribution in [0.4, 0.5) is 5.69 Å². The molecule has 0 spiro atoms. The van der Waals surface area contributed by atoms with Crippen molar-refractivity contribution in [1.82, 2.24) is 24.6 Å². The van der Waals surface area contributed by atoms with Gasteiger partial charge in [0.2, 0.25) is 0 Å². The maximum absolute atomic E-state index is 13.6. The van der Waals surface area contributed by atoms with Crippen LogP contribution in [0.5, 0.6) is 0 Å². The first-order valence-corrected chi connectivity index (χ1v) is 14.7. The van der Waals surface area contributed by atoms with Crippen LogP contribution in [0.3, 0.4) is 0 Å². The number of carbonyl (C=O) groups is 2. The van der Waals surface area contributed by atoms with Crippen molar-refractivity contribution in [3.05, 3.63) is 81.1 Å². The molecule has 0 unspecified atom stereocenters. The van der Waals surface area contributed by atoms with E-state index in [0.717, 1.165) is 58.7 Å². The Balaban J connectivity index is 1.20. The van der Waals surface area contributed by atoms with E-state index >= 15 is 0 Å². The number of amides is 2. The summed E-state index contributed by atoms with van der Waals surface area (Å²) in [7, 11) is 2.08. The van der Waals surface area contributed by atoms with Gasteiger partial charge in [0.15, 0.2) is 10.7 Å². The van der Waals surface area contributed by atoms with Crippen LogP contribution in [0.25, 0.3) is 27.2 Å². The third kappa shape index (κ3) is 4.34. The van der Waals surface area contributed by atoms with Gasteiger partial charge < -0.3 is 15.1 Å². The van der Waals surface area contributed by atoms with E-state index in [2.05, 4.69) is 33.7 Å². The molecule has 2 aliphatic rings. The van der Waals surface area contributed by atoms with Crippen molar-refractivity contribution in [2.75, 3.05) is 38.5 Å². The molecule has 2 amide bonds. The molecule has 3 aromatic heterocycles. The van der Waals surface area contributed by atoms with Crippen LogP contribution in [0.1, 0.15) is 30.7 Å². The summed E-state index contributed by atoms with van der Waals surface area (Å²) in [5.74, 6) is -0.222. The zero-order valence-electron chi connectivity index (χ0n) is 21.4. The van der Waals surface area contributed by atoms with E-state index in [1.807, 2.05) is 58.1 Å². The number of hydrogen-bond donors (Lipinski definition) is 1. The number of likely N-dealkylation sites (N-methyl/N-ethyl adjacent to an activating group) is 1. The van der Waals surface area contributed by atoms with Crippen molar-refractivity contribution in [3.8, 4) is 16.9 Å². The number of thiophene rings is 1. The van der Waals surface area contributed by atoms with Crippen LogP contribution in [-0.4, -0.2) is 69.6 Å². The van der Waals surface area contributed by atoms with Crippen molar-refractivity contribution in [2.45, 2.75) is 12.8 Å². The molecule has 0 radical (unpaired) electrons. The van der Waals surface area contributed by atoms with Crippen molar-refractivity contribution in [3.63, 3.8) is 0 Å². The third-order valence-electron chi connectivity index (χ3n) is 7.44. The molecule has 1 fully saturated rings. The Kier molecular flexibility index (Phi) is 6.03. The van der Waals surface area contributed by atoms with Gasteiger partial charge in [0.25, 0.3) is 11.8 Å². The van der Waals surface area contributed by atoms with Crippen molar-refractivity contribution < 1.29 is 9.59 Å². The lowest BCUT2D eigenvalue weighted by Crippen LogP contribution is -2.47. The third-order valence-corrected chi connectivity index (χ3v) is 9.45.